The molecule has 0 radical (unpaired) electrons. The molecule has 6 heteroatoms. The molecular weight excluding hydrogens is 296 g/mol. The first-order valence-electron chi connectivity index (χ1n) is 5.74. The number of anilines is 2. The van der Waals surface area contributed by atoms with Gasteiger partial charge in [0.2, 0.25) is 0 Å². The highest BCUT2D eigenvalue weighted by Gasteiger charge is 2.05. The maximum absolute atomic E-state index is 5.12. The van der Waals surface area contributed by atoms with Gasteiger partial charge in [0.05, 0.1) is 25.3 Å². The lowest BCUT2D eigenvalue weighted by molar-refractivity contribution is 0.415. The SMILES string of the molecule is COc1ccc(Nc2nc(-c3ccoc3)cs2)cc1.Cl. The van der Waals surface area contributed by atoms with E-state index < -0.39 is 0 Å². The number of aromatic nitrogens is 1. The van der Waals surface area contributed by atoms with Crippen molar-refractivity contribution in [1.82, 2.24) is 4.98 Å². The highest BCUT2D eigenvalue weighted by molar-refractivity contribution is 7.14. The molecule has 0 saturated carbocycles. The molecule has 3 aromatic rings. The van der Waals surface area contributed by atoms with Crippen LogP contribution in [0.25, 0.3) is 11.3 Å². The molecular formula is C14H13ClN2O2S. The maximum Gasteiger partial charge on any atom is 0.187 e. The van der Waals surface area contributed by atoms with Crippen LogP contribution in [0.5, 0.6) is 5.75 Å². The van der Waals surface area contributed by atoms with Crippen molar-refractivity contribution in [2.75, 3.05) is 12.4 Å². The summed E-state index contributed by atoms with van der Waals surface area (Å²) in [6.07, 6.45) is 3.33. The average molecular weight is 309 g/mol. The second kappa shape index (κ2) is 6.45. The van der Waals surface area contributed by atoms with Crippen molar-refractivity contribution in [1.29, 1.82) is 0 Å². The zero-order valence-corrected chi connectivity index (χ0v) is 12.3. The Labute approximate surface area is 126 Å². The number of ether oxygens (including phenoxy) is 1. The van der Waals surface area contributed by atoms with Gasteiger partial charge >= 0.3 is 0 Å². The van der Waals surface area contributed by atoms with E-state index in [-0.39, 0.29) is 12.4 Å². The molecule has 2 aromatic heterocycles. The first-order valence-corrected chi connectivity index (χ1v) is 6.62. The molecule has 0 saturated heterocycles. The Balaban J connectivity index is 0.00000147. The number of rotatable bonds is 4. The number of halogens is 1. The molecule has 0 atom stereocenters. The lowest BCUT2D eigenvalue weighted by Crippen LogP contribution is -1.89. The van der Waals surface area contributed by atoms with Gasteiger partial charge in [-0.1, -0.05) is 0 Å². The van der Waals surface area contributed by atoms with E-state index in [1.165, 1.54) is 0 Å². The first kappa shape index (κ1) is 14.4. The third-order valence-electron chi connectivity index (χ3n) is 2.66. The zero-order chi connectivity index (χ0) is 13.1. The van der Waals surface area contributed by atoms with E-state index >= 15 is 0 Å². The number of nitrogens with zero attached hydrogens (tertiary/aromatic N) is 1. The lowest BCUT2D eigenvalue weighted by atomic mass is 10.3. The molecule has 0 aliphatic heterocycles. The Kier molecular flexibility index (Phi) is 4.65. The van der Waals surface area contributed by atoms with Crippen molar-refractivity contribution in [3.63, 3.8) is 0 Å². The summed E-state index contributed by atoms with van der Waals surface area (Å²) in [6.45, 7) is 0. The molecule has 0 amide bonds. The van der Waals surface area contributed by atoms with Crippen LogP contribution < -0.4 is 10.1 Å². The van der Waals surface area contributed by atoms with Crippen LogP contribution in [-0.2, 0) is 0 Å². The fourth-order valence-corrected chi connectivity index (χ4v) is 2.41. The number of nitrogens with one attached hydrogen (secondary N) is 1. The summed E-state index contributed by atoms with van der Waals surface area (Å²) < 4.78 is 10.2. The fraction of sp³-hybridized carbons (Fsp3) is 0.0714. The molecule has 0 unspecified atom stereocenters. The van der Waals surface area contributed by atoms with Crippen molar-refractivity contribution in [3.8, 4) is 17.0 Å². The Bertz CT molecular complexity index is 650. The smallest absolute Gasteiger partial charge is 0.187 e. The summed E-state index contributed by atoms with van der Waals surface area (Å²) in [4.78, 5) is 4.51. The maximum atomic E-state index is 5.12. The number of thiazole rings is 1. The van der Waals surface area contributed by atoms with Gasteiger partial charge in [-0.25, -0.2) is 4.98 Å². The van der Waals surface area contributed by atoms with Gasteiger partial charge < -0.3 is 14.5 Å². The van der Waals surface area contributed by atoms with Gasteiger partial charge in [-0.15, -0.1) is 23.7 Å². The van der Waals surface area contributed by atoms with Crippen LogP contribution in [-0.4, -0.2) is 12.1 Å². The lowest BCUT2D eigenvalue weighted by Gasteiger charge is -2.03. The van der Waals surface area contributed by atoms with Crippen molar-refractivity contribution < 1.29 is 9.15 Å². The minimum absolute atomic E-state index is 0. The van der Waals surface area contributed by atoms with Gasteiger partial charge in [-0.2, -0.15) is 0 Å². The van der Waals surface area contributed by atoms with Crippen LogP contribution in [0.4, 0.5) is 10.8 Å². The summed E-state index contributed by atoms with van der Waals surface area (Å²) in [6, 6.07) is 9.63. The minimum Gasteiger partial charge on any atom is -0.497 e. The van der Waals surface area contributed by atoms with E-state index in [0.717, 1.165) is 27.8 Å². The third-order valence-corrected chi connectivity index (χ3v) is 3.42. The van der Waals surface area contributed by atoms with E-state index in [4.69, 9.17) is 9.15 Å². The summed E-state index contributed by atoms with van der Waals surface area (Å²) in [5, 5.41) is 6.10. The highest BCUT2D eigenvalue weighted by atomic mass is 35.5. The van der Waals surface area contributed by atoms with Gasteiger partial charge in [0.15, 0.2) is 5.13 Å². The normalized spacial score (nSPS) is 9.85. The Morgan fingerprint density at radius 3 is 2.65 bits per heavy atom. The van der Waals surface area contributed by atoms with Crippen molar-refractivity contribution >= 4 is 34.6 Å². The second-order valence-electron chi connectivity index (χ2n) is 3.90. The monoisotopic (exact) mass is 308 g/mol. The number of methoxy groups -OCH3 is 1. The van der Waals surface area contributed by atoms with Gasteiger partial charge in [0, 0.05) is 16.6 Å². The molecule has 0 spiro atoms. The molecule has 104 valence electrons. The van der Waals surface area contributed by atoms with Crippen LogP contribution >= 0.6 is 23.7 Å². The van der Waals surface area contributed by atoms with E-state index in [2.05, 4.69) is 10.3 Å². The van der Waals surface area contributed by atoms with Crippen molar-refractivity contribution in [2.45, 2.75) is 0 Å². The van der Waals surface area contributed by atoms with Gasteiger partial charge in [-0.05, 0) is 30.3 Å². The number of benzene rings is 1. The van der Waals surface area contributed by atoms with Crippen LogP contribution in [0, 0.1) is 0 Å². The molecule has 0 aliphatic rings. The van der Waals surface area contributed by atoms with E-state index in [9.17, 15) is 0 Å². The second-order valence-corrected chi connectivity index (χ2v) is 4.76. The summed E-state index contributed by atoms with van der Waals surface area (Å²) >= 11 is 1.56. The molecule has 1 aromatic carbocycles. The minimum atomic E-state index is 0. The fourth-order valence-electron chi connectivity index (χ4n) is 1.67. The molecule has 0 fully saturated rings. The van der Waals surface area contributed by atoms with E-state index in [1.807, 2.05) is 35.7 Å². The van der Waals surface area contributed by atoms with Gasteiger partial charge in [0.1, 0.15) is 5.75 Å². The molecule has 4 nitrogen and oxygen atoms in total. The summed E-state index contributed by atoms with van der Waals surface area (Å²) in [7, 11) is 1.65. The summed E-state index contributed by atoms with van der Waals surface area (Å²) in [5.74, 6) is 0.837. The average Bonchev–Trinajstić information content (AvgIpc) is 3.10. The highest BCUT2D eigenvalue weighted by Crippen LogP contribution is 2.27. The van der Waals surface area contributed by atoms with Gasteiger partial charge in [-0.3, -0.25) is 0 Å². The van der Waals surface area contributed by atoms with Crippen LogP contribution in [0.2, 0.25) is 0 Å². The van der Waals surface area contributed by atoms with Crippen LogP contribution in [0.3, 0.4) is 0 Å². The van der Waals surface area contributed by atoms with Gasteiger partial charge in [0.25, 0.3) is 0 Å². The predicted molar refractivity (Wildman–Crippen MR) is 83.3 cm³/mol. The van der Waals surface area contributed by atoms with Crippen molar-refractivity contribution in [3.05, 3.63) is 48.2 Å². The summed E-state index contributed by atoms with van der Waals surface area (Å²) in [5.41, 5.74) is 2.88. The molecule has 3 rings (SSSR count). The van der Waals surface area contributed by atoms with E-state index in [0.29, 0.717) is 0 Å². The Morgan fingerprint density at radius 1 is 1.20 bits per heavy atom. The van der Waals surface area contributed by atoms with Crippen LogP contribution in [0.1, 0.15) is 0 Å². The number of hydrogen-bond acceptors (Lipinski definition) is 5. The topological polar surface area (TPSA) is 47.3 Å². The van der Waals surface area contributed by atoms with Crippen LogP contribution in [0.15, 0.2) is 52.7 Å². The molecule has 1 N–H and O–H groups in total. The largest absolute Gasteiger partial charge is 0.497 e. The Hall–Kier alpha value is -1.98. The number of furan rings is 1. The predicted octanol–water partition coefficient (Wildman–Crippen LogP) is 4.58. The van der Waals surface area contributed by atoms with E-state index in [1.54, 1.807) is 31.0 Å². The number of hydrogen-bond donors (Lipinski definition) is 1. The zero-order valence-electron chi connectivity index (χ0n) is 10.7. The molecule has 2 heterocycles. The third kappa shape index (κ3) is 3.12. The molecule has 20 heavy (non-hydrogen) atoms. The molecule has 0 bridgehead atoms. The standard InChI is InChI=1S/C14H12N2O2S.ClH/c1-17-12-4-2-11(3-5-12)15-14-16-13(9-19-14)10-6-7-18-8-10;/h2-9H,1H3,(H,15,16);1H. The molecule has 0 aliphatic carbocycles. The first-order chi connectivity index (χ1) is 9.35. The van der Waals surface area contributed by atoms with Crippen molar-refractivity contribution in [2.24, 2.45) is 0 Å². The quantitative estimate of drug-likeness (QED) is 0.766. The Morgan fingerprint density at radius 2 is 2.00 bits per heavy atom.